The number of methoxy groups -OCH3 is 1. The van der Waals surface area contributed by atoms with Crippen molar-refractivity contribution in [2.45, 2.75) is 13.5 Å². The van der Waals surface area contributed by atoms with Crippen molar-refractivity contribution < 1.29 is 19.4 Å². The van der Waals surface area contributed by atoms with Crippen LogP contribution in [0.2, 0.25) is 0 Å². The topological polar surface area (TPSA) is 103 Å². The second-order valence-electron chi connectivity index (χ2n) is 7.50. The Bertz CT molecular complexity index is 1530. The average molecular weight is 601 g/mol. The summed E-state index contributed by atoms with van der Waals surface area (Å²) in [6.07, 6.45) is 1.50. The molecule has 3 aromatic carbocycles. The van der Waals surface area contributed by atoms with E-state index in [9.17, 15) is 14.7 Å². The summed E-state index contributed by atoms with van der Waals surface area (Å²) >= 11 is 6.84. The van der Waals surface area contributed by atoms with Crippen LogP contribution in [0.3, 0.4) is 0 Å². The normalized spacial score (nSPS) is 11.2. The highest BCUT2D eigenvalue weighted by atomic mass is 79.9. The highest BCUT2D eigenvalue weighted by Crippen LogP contribution is 2.34. The number of halogens is 2. The molecule has 0 aliphatic carbocycles. The summed E-state index contributed by atoms with van der Waals surface area (Å²) in [4.78, 5) is 28.8. The number of aromatic carboxylic acids is 1. The van der Waals surface area contributed by atoms with Crippen molar-refractivity contribution in [1.82, 2.24) is 9.66 Å². The fourth-order valence-electron chi connectivity index (χ4n) is 3.46. The third kappa shape index (κ3) is 5.44. The first-order valence-corrected chi connectivity index (χ1v) is 11.9. The van der Waals surface area contributed by atoms with E-state index in [-0.39, 0.29) is 17.7 Å². The zero-order chi connectivity index (χ0) is 25.1. The van der Waals surface area contributed by atoms with Gasteiger partial charge >= 0.3 is 5.97 Å². The SMILES string of the molecule is COc1cc(Br)cc(C=Nn2c(C)nc3ccc(Br)cc3c2=O)c1OCc1cccc(C(=O)O)c1. The molecule has 0 amide bonds. The molecular formula is C25H19Br2N3O5. The van der Waals surface area contributed by atoms with Crippen LogP contribution in [0.4, 0.5) is 0 Å². The van der Waals surface area contributed by atoms with Crippen molar-refractivity contribution in [3.63, 3.8) is 0 Å². The van der Waals surface area contributed by atoms with Crippen molar-refractivity contribution in [2.75, 3.05) is 7.11 Å². The van der Waals surface area contributed by atoms with Gasteiger partial charge in [-0.15, -0.1) is 0 Å². The predicted molar refractivity (Wildman–Crippen MR) is 140 cm³/mol. The van der Waals surface area contributed by atoms with E-state index in [0.717, 1.165) is 8.95 Å². The van der Waals surface area contributed by atoms with Gasteiger partial charge in [-0.3, -0.25) is 4.79 Å². The summed E-state index contributed by atoms with van der Waals surface area (Å²) in [5, 5.41) is 14.1. The molecule has 8 nitrogen and oxygen atoms in total. The van der Waals surface area contributed by atoms with Gasteiger partial charge < -0.3 is 14.6 Å². The monoisotopic (exact) mass is 599 g/mol. The molecule has 0 radical (unpaired) electrons. The molecule has 0 atom stereocenters. The van der Waals surface area contributed by atoms with Gasteiger partial charge in [0.1, 0.15) is 12.4 Å². The van der Waals surface area contributed by atoms with Crippen LogP contribution in [0.15, 0.2) is 73.4 Å². The van der Waals surface area contributed by atoms with E-state index in [1.54, 1.807) is 49.4 Å². The van der Waals surface area contributed by atoms with Gasteiger partial charge in [-0.2, -0.15) is 9.78 Å². The number of carboxylic acid groups (broad SMARTS) is 1. The van der Waals surface area contributed by atoms with Crippen LogP contribution in [0, 0.1) is 6.92 Å². The molecule has 0 saturated heterocycles. The first-order chi connectivity index (χ1) is 16.8. The van der Waals surface area contributed by atoms with Crippen LogP contribution in [0.5, 0.6) is 11.5 Å². The molecule has 1 N–H and O–H groups in total. The smallest absolute Gasteiger partial charge is 0.335 e. The van der Waals surface area contributed by atoms with E-state index < -0.39 is 5.97 Å². The van der Waals surface area contributed by atoms with Crippen molar-refractivity contribution in [3.05, 3.63) is 96.4 Å². The third-order valence-corrected chi connectivity index (χ3v) is 6.06. The first kappa shape index (κ1) is 24.6. The number of hydrogen-bond acceptors (Lipinski definition) is 6. The predicted octanol–water partition coefficient (Wildman–Crippen LogP) is 5.40. The molecule has 4 aromatic rings. The number of aryl methyl sites for hydroxylation is 1. The standard InChI is InChI=1S/C25H19Br2N3O5/c1-14-29-21-7-6-18(26)10-20(21)24(31)30(14)28-12-17-9-19(27)11-22(34-2)23(17)35-13-15-4-3-5-16(8-15)25(32)33/h3-12H,13H2,1-2H3,(H,32,33). The maximum absolute atomic E-state index is 13.1. The molecule has 0 fully saturated rings. The lowest BCUT2D eigenvalue weighted by atomic mass is 10.1. The maximum atomic E-state index is 13.1. The molecule has 4 rings (SSSR count). The lowest BCUT2D eigenvalue weighted by molar-refractivity contribution is 0.0696. The highest BCUT2D eigenvalue weighted by Gasteiger charge is 2.14. The molecule has 1 aromatic heterocycles. The number of rotatable bonds is 7. The van der Waals surface area contributed by atoms with Crippen molar-refractivity contribution >= 4 is 54.9 Å². The summed E-state index contributed by atoms with van der Waals surface area (Å²) in [5.74, 6) is 0.246. The zero-order valence-electron chi connectivity index (χ0n) is 18.7. The van der Waals surface area contributed by atoms with Gasteiger partial charge in [-0.25, -0.2) is 9.78 Å². The van der Waals surface area contributed by atoms with Gasteiger partial charge in [-0.1, -0.05) is 44.0 Å². The summed E-state index contributed by atoms with van der Waals surface area (Å²) in [6, 6.07) is 15.3. The number of aromatic nitrogens is 2. The van der Waals surface area contributed by atoms with Crippen molar-refractivity contribution in [3.8, 4) is 11.5 Å². The Balaban J connectivity index is 1.73. The molecule has 0 aliphatic heterocycles. The Morgan fingerprint density at radius 2 is 1.94 bits per heavy atom. The van der Waals surface area contributed by atoms with Gasteiger partial charge in [0.05, 0.1) is 29.8 Å². The minimum absolute atomic E-state index is 0.102. The second-order valence-corrected chi connectivity index (χ2v) is 9.33. The number of ether oxygens (including phenoxy) is 2. The van der Waals surface area contributed by atoms with Crippen LogP contribution in [0.25, 0.3) is 10.9 Å². The van der Waals surface area contributed by atoms with Crippen molar-refractivity contribution in [1.29, 1.82) is 0 Å². The molecular weight excluding hydrogens is 582 g/mol. The Hall–Kier alpha value is -3.50. The van der Waals surface area contributed by atoms with Crippen LogP contribution >= 0.6 is 31.9 Å². The number of carbonyl (C=O) groups is 1. The van der Waals surface area contributed by atoms with Crippen molar-refractivity contribution in [2.24, 2.45) is 5.10 Å². The summed E-state index contributed by atoms with van der Waals surface area (Å²) < 4.78 is 14.2. The lowest BCUT2D eigenvalue weighted by Crippen LogP contribution is -2.20. The molecule has 0 saturated carbocycles. The average Bonchev–Trinajstić information content (AvgIpc) is 2.83. The fourth-order valence-corrected chi connectivity index (χ4v) is 4.27. The van der Waals surface area contributed by atoms with Gasteiger partial charge in [-0.05, 0) is 55.0 Å². The molecule has 10 heteroatoms. The molecule has 0 spiro atoms. The first-order valence-electron chi connectivity index (χ1n) is 10.3. The molecule has 0 unspecified atom stereocenters. The van der Waals surface area contributed by atoms with Gasteiger partial charge in [0, 0.05) is 14.5 Å². The minimum Gasteiger partial charge on any atom is -0.493 e. The molecule has 1 heterocycles. The second kappa shape index (κ2) is 10.4. The number of hydrogen-bond donors (Lipinski definition) is 1. The summed E-state index contributed by atoms with van der Waals surface area (Å²) in [6.45, 7) is 1.80. The van der Waals surface area contributed by atoms with E-state index in [4.69, 9.17) is 9.47 Å². The van der Waals surface area contributed by atoms with E-state index in [1.807, 2.05) is 6.07 Å². The van der Waals surface area contributed by atoms with Crippen LogP contribution in [-0.2, 0) is 6.61 Å². The Kier molecular flexibility index (Phi) is 7.32. The molecule has 0 bridgehead atoms. The Morgan fingerprint density at radius 3 is 2.69 bits per heavy atom. The largest absolute Gasteiger partial charge is 0.493 e. The Labute approximate surface area is 217 Å². The zero-order valence-corrected chi connectivity index (χ0v) is 21.8. The van der Waals surface area contributed by atoms with Crippen LogP contribution < -0.4 is 15.0 Å². The van der Waals surface area contributed by atoms with Gasteiger partial charge in [0.25, 0.3) is 5.56 Å². The van der Waals surface area contributed by atoms with Gasteiger partial charge in [0.2, 0.25) is 0 Å². The van der Waals surface area contributed by atoms with E-state index in [0.29, 0.717) is 39.4 Å². The number of nitrogens with zero attached hydrogens (tertiary/aromatic N) is 3. The molecule has 35 heavy (non-hydrogen) atoms. The number of benzene rings is 3. The van der Waals surface area contributed by atoms with Crippen LogP contribution in [0.1, 0.15) is 27.3 Å². The third-order valence-electron chi connectivity index (χ3n) is 5.11. The van der Waals surface area contributed by atoms with E-state index in [2.05, 4.69) is 41.9 Å². The number of carboxylic acids is 1. The summed E-state index contributed by atoms with van der Waals surface area (Å²) in [7, 11) is 1.51. The number of fused-ring (bicyclic) bond motifs is 1. The minimum atomic E-state index is -1.02. The molecule has 178 valence electrons. The quantitative estimate of drug-likeness (QED) is 0.285. The van der Waals surface area contributed by atoms with E-state index in [1.165, 1.54) is 24.1 Å². The van der Waals surface area contributed by atoms with Gasteiger partial charge in [0.15, 0.2) is 11.5 Å². The highest BCUT2D eigenvalue weighted by molar-refractivity contribution is 9.10. The Morgan fingerprint density at radius 1 is 1.14 bits per heavy atom. The lowest BCUT2D eigenvalue weighted by Gasteiger charge is -2.14. The summed E-state index contributed by atoms with van der Waals surface area (Å²) in [5.41, 5.74) is 1.67. The maximum Gasteiger partial charge on any atom is 0.335 e. The molecule has 0 aliphatic rings. The van der Waals surface area contributed by atoms with Crippen LogP contribution in [-0.4, -0.2) is 34.1 Å². The fraction of sp³-hybridized carbons (Fsp3) is 0.120. The van der Waals surface area contributed by atoms with E-state index >= 15 is 0 Å².